The van der Waals surface area contributed by atoms with Crippen molar-refractivity contribution >= 4 is 22.4 Å². The number of H-pyrrole nitrogens is 1. The molecule has 1 saturated heterocycles. The Balaban J connectivity index is 1.33. The Bertz CT molecular complexity index is 721. The second-order valence-electron chi connectivity index (χ2n) is 6.16. The van der Waals surface area contributed by atoms with Crippen molar-refractivity contribution in [3.05, 3.63) is 22.2 Å². The molecule has 2 aromatic heterocycles. The molecule has 0 radical (unpaired) electrons. The van der Waals surface area contributed by atoms with E-state index in [2.05, 4.69) is 30.4 Å². The van der Waals surface area contributed by atoms with Gasteiger partial charge in [0.2, 0.25) is 5.91 Å². The molecule has 2 N–H and O–H groups in total. The number of thiazole rings is 1. The number of anilines is 1. The third-order valence-corrected chi connectivity index (χ3v) is 5.34. The van der Waals surface area contributed by atoms with Crippen LogP contribution in [0.25, 0.3) is 0 Å². The average Bonchev–Trinajstić information content (AvgIpc) is 3.23. The molecule has 128 valence electrons. The summed E-state index contributed by atoms with van der Waals surface area (Å²) in [6, 6.07) is 0. The molecule has 2 aliphatic rings. The van der Waals surface area contributed by atoms with Crippen molar-refractivity contribution in [1.29, 1.82) is 0 Å². The van der Waals surface area contributed by atoms with Gasteiger partial charge < -0.3 is 10.1 Å². The lowest BCUT2D eigenvalue weighted by Gasteiger charge is -2.30. The monoisotopic (exact) mass is 348 g/mol. The van der Waals surface area contributed by atoms with Gasteiger partial charge in [0.15, 0.2) is 11.0 Å². The predicted octanol–water partition coefficient (Wildman–Crippen LogP) is 1.07. The van der Waals surface area contributed by atoms with E-state index in [1.807, 2.05) is 6.92 Å². The van der Waals surface area contributed by atoms with Crippen molar-refractivity contribution in [1.82, 2.24) is 25.1 Å². The number of nitrogens with zero attached hydrogens (tertiary/aromatic N) is 4. The molecule has 1 atom stereocenters. The highest BCUT2D eigenvalue weighted by Gasteiger charge is 2.26. The molecule has 0 saturated carbocycles. The number of carbonyl (C=O) groups excluding carboxylic acids is 1. The van der Waals surface area contributed by atoms with Crippen LogP contribution in [0.2, 0.25) is 0 Å². The first-order valence-electron chi connectivity index (χ1n) is 8.18. The van der Waals surface area contributed by atoms with E-state index in [9.17, 15) is 4.79 Å². The summed E-state index contributed by atoms with van der Waals surface area (Å²) in [7, 11) is 0. The van der Waals surface area contributed by atoms with E-state index in [-0.39, 0.29) is 12.0 Å². The van der Waals surface area contributed by atoms with E-state index in [0.29, 0.717) is 25.5 Å². The molecule has 1 aliphatic carbocycles. The molecule has 1 aliphatic heterocycles. The zero-order valence-corrected chi connectivity index (χ0v) is 14.4. The number of amides is 1. The SMILES string of the molecule is Cc1nc([C@H]2CN(CC(=O)Nc3nc4c(s3)CCC4)CCO2)n[nH]1. The molecular weight excluding hydrogens is 328 g/mol. The topological polar surface area (TPSA) is 96.0 Å². The number of carbonyl (C=O) groups is 1. The summed E-state index contributed by atoms with van der Waals surface area (Å²) in [5, 5.41) is 10.6. The normalized spacial score (nSPS) is 21.0. The number of fused-ring (bicyclic) bond motifs is 1. The summed E-state index contributed by atoms with van der Waals surface area (Å²) in [4.78, 5) is 24.5. The summed E-state index contributed by atoms with van der Waals surface area (Å²) in [5.74, 6) is 1.38. The van der Waals surface area contributed by atoms with E-state index in [0.717, 1.165) is 36.0 Å². The Labute approximate surface area is 143 Å². The quantitative estimate of drug-likeness (QED) is 0.858. The molecule has 0 bridgehead atoms. The number of aromatic nitrogens is 4. The van der Waals surface area contributed by atoms with E-state index in [4.69, 9.17) is 4.74 Å². The number of hydrogen-bond donors (Lipinski definition) is 2. The Morgan fingerprint density at radius 3 is 3.17 bits per heavy atom. The Morgan fingerprint density at radius 1 is 1.46 bits per heavy atom. The highest BCUT2D eigenvalue weighted by molar-refractivity contribution is 7.15. The van der Waals surface area contributed by atoms with Crippen LogP contribution in [0.1, 0.15) is 34.7 Å². The summed E-state index contributed by atoms with van der Waals surface area (Å²) < 4.78 is 5.72. The first-order valence-corrected chi connectivity index (χ1v) is 9.00. The van der Waals surface area contributed by atoms with Crippen molar-refractivity contribution < 1.29 is 9.53 Å². The highest BCUT2D eigenvalue weighted by Crippen LogP contribution is 2.30. The van der Waals surface area contributed by atoms with Crippen LogP contribution < -0.4 is 5.32 Å². The minimum atomic E-state index is -0.194. The van der Waals surface area contributed by atoms with Crippen molar-refractivity contribution in [3.63, 3.8) is 0 Å². The van der Waals surface area contributed by atoms with Crippen LogP contribution in [0, 0.1) is 6.92 Å². The van der Waals surface area contributed by atoms with Crippen LogP contribution in [0.3, 0.4) is 0 Å². The predicted molar refractivity (Wildman–Crippen MR) is 89.0 cm³/mol. The van der Waals surface area contributed by atoms with Gasteiger partial charge in [-0.2, -0.15) is 5.10 Å². The molecule has 9 heteroatoms. The van der Waals surface area contributed by atoms with Gasteiger partial charge in [0.05, 0.1) is 18.8 Å². The Hall–Kier alpha value is -1.84. The van der Waals surface area contributed by atoms with Gasteiger partial charge in [-0.05, 0) is 26.2 Å². The summed E-state index contributed by atoms with van der Waals surface area (Å²) in [5.41, 5.74) is 1.15. The zero-order valence-electron chi connectivity index (χ0n) is 13.5. The lowest BCUT2D eigenvalue weighted by molar-refractivity contribution is -0.119. The zero-order chi connectivity index (χ0) is 16.5. The molecule has 0 unspecified atom stereocenters. The molecule has 2 aromatic rings. The fraction of sp³-hybridized carbons (Fsp3) is 0.600. The minimum Gasteiger partial charge on any atom is -0.367 e. The van der Waals surface area contributed by atoms with Crippen molar-refractivity contribution in [2.24, 2.45) is 0 Å². The maximum atomic E-state index is 12.3. The second kappa shape index (κ2) is 6.58. The van der Waals surface area contributed by atoms with Crippen LogP contribution in [0.4, 0.5) is 5.13 Å². The summed E-state index contributed by atoms with van der Waals surface area (Å²) >= 11 is 1.60. The fourth-order valence-corrected chi connectivity index (χ4v) is 4.18. The Morgan fingerprint density at radius 2 is 2.38 bits per heavy atom. The second-order valence-corrected chi connectivity index (χ2v) is 7.25. The maximum absolute atomic E-state index is 12.3. The molecule has 1 amide bonds. The maximum Gasteiger partial charge on any atom is 0.240 e. The van der Waals surface area contributed by atoms with Crippen molar-refractivity contribution in [2.45, 2.75) is 32.3 Å². The lowest BCUT2D eigenvalue weighted by Crippen LogP contribution is -2.42. The molecule has 4 rings (SSSR count). The van der Waals surface area contributed by atoms with Gasteiger partial charge in [-0.3, -0.25) is 14.8 Å². The minimum absolute atomic E-state index is 0.0331. The van der Waals surface area contributed by atoms with Gasteiger partial charge in [0.1, 0.15) is 11.9 Å². The number of nitrogens with one attached hydrogen (secondary N) is 2. The van der Waals surface area contributed by atoms with Gasteiger partial charge in [0.25, 0.3) is 0 Å². The number of aryl methyl sites for hydroxylation is 3. The number of ether oxygens (including phenoxy) is 1. The number of morpholine rings is 1. The van der Waals surface area contributed by atoms with E-state index in [1.54, 1.807) is 11.3 Å². The molecule has 0 spiro atoms. The van der Waals surface area contributed by atoms with Gasteiger partial charge >= 0.3 is 0 Å². The standard InChI is InChI=1S/C15H20N6O2S/c1-9-16-14(20-19-9)11-7-21(5-6-23-11)8-13(22)18-15-17-10-3-2-4-12(10)24-15/h11H,2-8H2,1H3,(H,16,19,20)(H,17,18,22)/t11-/m1/s1. The third-order valence-electron chi connectivity index (χ3n) is 4.26. The highest BCUT2D eigenvalue weighted by atomic mass is 32.1. The number of rotatable bonds is 4. The average molecular weight is 348 g/mol. The van der Waals surface area contributed by atoms with Gasteiger partial charge in [-0.25, -0.2) is 9.97 Å². The van der Waals surface area contributed by atoms with Gasteiger partial charge in [-0.15, -0.1) is 11.3 Å². The summed E-state index contributed by atoms with van der Waals surface area (Å²) in [6.45, 7) is 4.08. The molecular formula is C15H20N6O2S. The van der Waals surface area contributed by atoms with E-state index in [1.165, 1.54) is 11.3 Å². The molecule has 24 heavy (non-hydrogen) atoms. The van der Waals surface area contributed by atoms with Crippen LogP contribution >= 0.6 is 11.3 Å². The molecule has 3 heterocycles. The van der Waals surface area contributed by atoms with E-state index >= 15 is 0 Å². The van der Waals surface area contributed by atoms with E-state index < -0.39 is 0 Å². The smallest absolute Gasteiger partial charge is 0.240 e. The third kappa shape index (κ3) is 3.33. The fourth-order valence-electron chi connectivity index (χ4n) is 3.11. The first kappa shape index (κ1) is 15.7. The van der Waals surface area contributed by atoms with Crippen LogP contribution in [0.5, 0.6) is 0 Å². The van der Waals surface area contributed by atoms with Gasteiger partial charge in [0, 0.05) is 18.0 Å². The number of hydrogen-bond acceptors (Lipinski definition) is 7. The van der Waals surface area contributed by atoms with Crippen molar-refractivity contribution in [2.75, 3.05) is 31.6 Å². The van der Waals surface area contributed by atoms with Gasteiger partial charge in [-0.1, -0.05) is 0 Å². The molecule has 0 aromatic carbocycles. The Kier molecular flexibility index (Phi) is 4.30. The summed E-state index contributed by atoms with van der Waals surface area (Å²) in [6.07, 6.45) is 3.10. The number of aromatic amines is 1. The van der Waals surface area contributed by atoms with Crippen LogP contribution in [0.15, 0.2) is 0 Å². The van der Waals surface area contributed by atoms with Crippen molar-refractivity contribution in [3.8, 4) is 0 Å². The van der Waals surface area contributed by atoms with Crippen LogP contribution in [-0.2, 0) is 22.4 Å². The molecule has 8 nitrogen and oxygen atoms in total. The largest absolute Gasteiger partial charge is 0.367 e. The first-order chi connectivity index (χ1) is 11.7. The van der Waals surface area contributed by atoms with Crippen LogP contribution in [-0.4, -0.2) is 57.2 Å². The molecule has 1 fully saturated rings. The lowest BCUT2D eigenvalue weighted by atomic mass is 10.2.